The molecule has 0 amide bonds. The number of carbonyl (C=O) groups is 1. The summed E-state index contributed by atoms with van der Waals surface area (Å²) in [6.45, 7) is 7.30. The summed E-state index contributed by atoms with van der Waals surface area (Å²) in [7, 11) is 1.55. The molecule has 1 aliphatic heterocycles. The lowest BCUT2D eigenvalue weighted by molar-refractivity contribution is -0.117. The summed E-state index contributed by atoms with van der Waals surface area (Å²) in [5.74, 6) is 0.494. The van der Waals surface area contributed by atoms with Gasteiger partial charge in [0.1, 0.15) is 28.8 Å². The van der Waals surface area contributed by atoms with Gasteiger partial charge in [-0.3, -0.25) is 4.79 Å². The van der Waals surface area contributed by atoms with Crippen molar-refractivity contribution in [2.45, 2.75) is 52.2 Å². The number of allylic oxidation sites excluding steroid dienone is 1. The lowest BCUT2D eigenvalue weighted by Gasteiger charge is -2.23. The number of methoxy groups -OCH3 is 1. The van der Waals surface area contributed by atoms with Crippen LogP contribution in [-0.4, -0.2) is 30.2 Å². The summed E-state index contributed by atoms with van der Waals surface area (Å²) in [4.78, 5) is 24.5. The SMILES string of the molecule is COc1cc2oc(=O)c(C3=CC(=O)CC(C)O3)cc2c(C(C)C(C)O)c1C. The molecule has 6 heteroatoms. The summed E-state index contributed by atoms with van der Waals surface area (Å²) >= 11 is 0. The highest BCUT2D eigenvalue weighted by Crippen LogP contribution is 2.37. The Kier molecular flexibility index (Phi) is 5.11. The number of aliphatic hydroxyl groups excluding tert-OH is 1. The first-order valence-electron chi connectivity index (χ1n) is 8.97. The molecule has 1 N–H and O–H groups in total. The molecular formula is C21H24O6. The molecular weight excluding hydrogens is 348 g/mol. The number of carbonyl (C=O) groups excluding carboxylic acids is 1. The van der Waals surface area contributed by atoms with Gasteiger partial charge in [0.15, 0.2) is 5.78 Å². The van der Waals surface area contributed by atoms with Crippen LogP contribution in [0, 0.1) is 6.92 Å². The molecule has 3 unspecified atom stereocenters. The smallest absolute Gasteiger partial charge is 0.347 e. The number of hydrogen-bond acceptors (Lipinski definition) is 6. The average molecular weight is 372 g/mol. The number of rotatable bonds is 4. The number of benzene rings is 1. The highest BCUT2D eigenvalue weighted by atomic mass is 16.5. The third-order valence-corrected chi connectivity index (χ3v) is 5.08. The van der Waals surface area contributed by atoms with E-state index in [1.807, 2.05) is 13.8 Å². The summed E-state index contributed by atoms with van der Waals surface area (Å²) in [5, 5.41) is 10.8. The fourth-order valence-corrected chi connectivity index (χ4v) is 3.50. The van der Waals surface area contributed by atoms with Crippen molar-refractivity contribution in [3.05, 3.63) is 45.3 Å². The first-order chi connectivity index (χ1) is 12.7. The van der Waals surface area contributed by atoms with E-state index >= 15 is 0 Å². The first-order valence-corrected chi connectivity index (χ1v) is 8.97. The minimum atomic E-state index is -0.610. The van der Waals surface area contributed by atoms with E-state index in [-0.39, 0.29) is 35.5 Å². The van der Waals surface area contributed by atoms with E-state index in [9.17, 15) is 14.7 Å². The summed E-state index contributed by atoms with van der Waals surface area (Å²) < 4.78 is 16.7. The minimum absolute atomic E-state index is 0.0910. The van der Waals surface area contributed by atoms with Crippen LogP contribution in [0.3, 0.4) is 0 Å². The Morgan fingerprint density at radius 2 is 1.96 bits per heavy atom. The quantitative estimate of drug-likeness (QED) is 0.829. The molecule has 0 radical (unpaired) electrons. The molecule has 1 aromatic heterocycles. The number of fused-ring (bicyclic) bond motifs is 1. The van der Waals surface area contributed by atoms with E-state index in [4.69, 9.17) is 13.9 Å². The molecule has 2 aromatic rings. The second kappa shape index (κ2) is 7.19. The topological polar surface area (TPSA) is 86.0 Å². The van der Waals surface area contributed by atoms with Crippen molar-refractivity contribution in [3.63, 3.8) is 0 Å². The van der Waals surface area contributed by atoms with Crippen LogP contribution in [0.1, 0.15) is 49.8 Å². The van der Waals surface area contributed by atoms with Gasteiger partial charge in [0, 0.05) is 29.9 Å². The highest BCUT2D eigenvalue weighted by Gasteiger charge is 2.25. The van der Waals surface area contributed by atoms with Crippen molar-refractivity contribution in [2.24, 2.45) is 0 Å². The number of ketones is 1. The summed E-state index contributed by atoms with van der Waals surface area (Å²) in [6, 6.07) is 3.34. The van der Waals surface area contributed by atoms with E-state index in [1.165, 1.54) is 6.08 Å². The zero-order valence-corrected chi connectivity index (χ0v) is 16.2. The Balaban J connectivity index is 2.31. The van der Waals surface area contributed by atoms with Crippen molar-refractivity contribution >= 4 is 22.5 Å². The molecule has 1 aromatic carbocycles. The molecule has 0 fully saturated rings. The van der Waals surface area contributed by atoms with Crippen LogP contribution in [0.5, 0.6) is 5.75 Å². The predicted octanol–water partition coefficient (Wildman–Crippen LogP) is 3.31. The molecule has 0 saturated carbocycles. The van der Waals surface area contributed by atoms with E-state index in [0.717, 1.165) is 11.1 Å². The van der Waals surface area contributed by atoms with Crippen molar-refractivity contribution in [2.75, 3.05) is 7.11 Å². The second-order valence-corrected chi connectivity index (χ2v) is 7.11. The van der Waals surface area contributed by atoms with Crippen LogP contribution in [0.4, 0.5) is 0 Å². The first kappa shape index (κ1) is 19.2. The van der Waals surface area contributed by atoms with Crippen LogP contribution in [0.25, 0.3) is 16.7 Å². The highest BCUT2D eigenvalue weighted by molar-refractivity contribution is 5.98. The Hall–Kier alpha value is -2.60. The summed E-state index contributed by atoms with van der Waals surface area (Å²) in [5.41, 5.74) is 1.68. The standard InChI is InChI=1S/C21H24O6/c1-10-6-14(23)7-18(26-10)16-8-15-19(27-21(16)24)9-17(25-5)12(3)20(15)11(2)13(4)22/h7-11,13,22H,6H2,1-5H3. The minimum Gasteiger partial charge on any atom is -0.496 e. The molecule has 0 spiro atoms. The summed E-state index contributed by atoms with van der Waals surface area (Å²) in [6.07, 6.45) is 0.706. The van der Waals surface area contributed by atoms with Gasteiger partial charge in [-0.05, 0) is 38.0 Å². The molecule has 2 heterocycles. The van der Waals surface area contributed by atoms with E-state index in [0.29, 0.717) is 16.7 Å². The maximum absolute atomic E-state index is 12.6. The zero-order chi connectivity index (χ0) is 19.9. The van der Waals surface area contributed by atoms with Crippen LogP contribution < -0.4 is 10.4 Å². The molecule has 27 heavy (non-hydrogen) atoms. The van der Waals surface area contributed by atoms with Crippen LogP contribution in [0.2, 0.25) is 0 Å². The van der Waals surface area contributed by atoms with Gasteiger partial charge in [0.25, 0.3) is 0 Å². The Morgan fingerprint density at radius 1 is 1.26 bits per heavy atom. The van der Waals surface area contributed by atoms with E-state index < -0.39 is 11.7 Å². The predicted molar refractivity (Wildman–Crippen MR) is 102 cm³/mol. The van der Waals surface area contributed by atoms with Crippen molar-refractivity contribution in [3.8, 4) is 5.75 Å². The van der Waals surface area contributed by atoms with Crippen molar-refractivity contribution in [1.29, 1.82) is 0 Å². The Labute approximate surface area is 157 Å². The molecule has 0 bridgehead atoms. The maximum atomic E-state index is 12.6. The van der Waals surface area contributed by atoms with Crippen LogP contribution in [-0.2, 0) is 9.53 Å². The van der Waals surface area contributed by atoms with E-state index in [1.54, 1.807) is 33.1 Å². The molecule has 3 rings (SSSR count). The normalized spacial score (nSPS) is 19.4. The van der Waals surface area contributed by atoms with Gasteiger partial charge in [-0.15, -0.1) is 0 Å². The van der Waals surface area contributed by atoms with Crippen LogP contribution >= 0.6 is 0 Å². The van der Waals surface area contributed by atoms with Gasteiger partial charge < -0.3 is 19.0 Å². The van der Waals surface area contributed by atoms with Gasteiger partial charge in [-0.2, -0.15) is 0 Å². The molecule has 144 valence electrons. The molecule has 0 aliphatic carbocycles. The number of hydrogen-bond donors (Lipinski definition) is 1. The zero-order valence-electron chi connectivity index (χ0n) is 16.2. The molecule has 1 aliphatic rings. The number of aliphatic hydroxyl groups is 1. The lowest BCUT2D eigenvalue weighted by Crippen LogP contribution is -2.21. The second-order valence-electron chi connectivity index (χ2n) is 7.11. The third kappa shape index (κ3) is 3.49. The van der Waals surface area contributed by atoms with E-state index in [2.05, 4.69) is 0 Å². The van der Waals surface area contributed by atoms with Gasteiger partial charge in [-0.25, -0.2) is 4.79 Å². The lowest BCUT2D eigenvalue weighted by atomic mass is 9.88. The largest absolute Gasteiger partial charge is 0.496 e. The maximum Gasteiger partial charge on any atom is 0.347 e. The van der Waals surface area contributed by atoms with Crippen molar-refractivity contribution < 1.29 is 23.8 Å². The Bertz CT molecular complexity index is 982. The van der Waals surface area contributed by atoms with Gasteiger partial charge >= 0.3 is 5.63 Å². The Morgan fingerprint density at radius 3 is 2.56 bits per heavy atom. The van der Waals surface area contributed by atoms with Crippen LogP contribution in [0.15, 0.2) is 27.4 Å². The van der Waals surface area contributed by atoms with Gasteiger partial charge in [0.2, 0.25) is 0 Å². The van der Waals surface area contributed by atoms with Gasteiger partial charge in [-0.1, -0.05) is 6.92 Å². The van der Waals surface area contributed by atoms with Crippen molar-refractivity contribution in [1.82, 2.24) is 0 Å². The third-order valence-electron chi connectivity index (χ3n) is 5.08. The monoisotopic (exact) mass is 372 g/mol. The molecule has 6 nitrogen and oxygen atoms in total. The average Bonchev–Trinajstić information content (AvgIpc) is 2.59. The molecule has 0 saturated heterocycles. The van der Waals surface area contributed by atoms with Gasteiger partial charge in [0.05, 0.1) is 13.2 Å². The fraction of sp³-hybridized carbons (Fsp3) is 0.429. The molecule has 3 atom stereocenters. The fourth-order valence-electron chi connectivity index (χ4n) is 3.50. The number of ether oxygens (including phenoxy) is 2.